The average Bonchev–Trinajstić information content (AvgIpc) is 1.41. The molecule has 0 radical (unpaired) electrons. The molecule has 4 nitrogen and oxygen atoms in total. The van der Waals surface area contributed by atoms with E-state index in [-0.39, 0.29) is 5.96 Å². The zero-order chi connectivity index (χ0) is 5.58. The lowest BCUT2D eigenvalue weighted by molar-refractivity contribution is 1.39. The van der Waals surface area contributed by atoms with Gasteiger partial charge in [0, 0.05) is 0 Å². The van der Waals surface area contributed by atoms with Crippen LogP contribution in [0.5, 0.6) is 0 Å². The molecule has 0 rings (SSSR count). The van der Waals surface area contributed by atoms with Gasteiger partial charge in [-0.1, -0.05) is 0 Å². The second-order valence-corrected chi connectivity index (χ2v) is 0.455. The summed E-state index contributed by atoms with van der Waals surface area (Å²) < 4.78 is 0. The van der Waals surface area contributed by atoms with Crippen molar-refractivity contribution in [2.24, 2.45) is 17.2 Å². The molecule has 0 aliphatic rings. The zero-order valence-corrected chi connectivity index (χ0v) is 3.73. The fourth-order valence-electron chi connectivity index (χ4n) is 0. The molecule has 0 amide bonds. The molecule has 0 aromatic rings. The van der Waals surface area contributed by atoms with Gasteiger partial charge >= 0.3 is 0 Å². The van der Waals surface area contributed by atoms with Crippen molar-refractivity contribution in [3.05, 3.63) is 0 Å². The Morgan fingerprint density at radius 2 is 1.33 bits per heavy atom. The fourth-order valence-corrected chi connectivity index (χ4v) is 0. The summed E-state index contributed by atoms with van der Waals surface area (Å²) in [4.78, 5) is 0. The van der Waals surface area contributed by atoms with Crippen LogP contribution in [0.3, 0.4) is 0 Å². The summed E-state index contributed by atoms with van der Waals surface area (Å²) in [5, 5.41) is 6.06. The van der Waals surface area contributed by atoms with Gasteiger partial charge < -0.3 is 17.2 Å². The Morgan fingerprint density at radius 3 is 1.33 bits per heavy atom. The molecule has 0 spiro atoms. The van der Waals surface area contributed by atoms with E-state index in [0.717, 1.165) is 0 Å². The van der Waals surface area contributed by atoms with Gasteiger partial charge in [0.05, 0.1) is 0 Å². The fraction of sp³-hybridized carbons (Fsp3) is 0.500. The highest BCUT2D eigenvalue weighted by molar-refractivity contribution is 5.71. The first kappa shape index (κ1) is 8.97. The summed E-state index contributed by atoms with van der Waals surface area (Å²) in [6, 6.07) is 0. The molecule has 0 aliphatic heterocycles. The molecular weight excluding hydrogens is 80.1 g/mol. The molecule has 0 bridgehead atoms. The summed E-state index contributed by atoms with van der Waals surface area (Å²) in [5.41, 5.74) is 13.4. The van der Waals surface area contributed by atoms with Gasteiger partial charge in [-0.2, -0.15) is 0 Å². The van der Waals surface area contributed by atoms with Crippen molar-refractivity contribution in [3.8, 4) is 0 Å². The van der Waals surface area contributed by atoms with E-state index in [9.17, 15) is 0 Å². The van der Waals surface area contributed by atoms with Crippen LogP contribution in [0.2, 0.25) is 0 Å². The van der Waals surface area contributed by atoms with Crippen molar-refractivity contribution in [1.82, 2.24) is 0 Å². The Morgan fingerprint density at radius 1 is 1.33 bits per heavy atom. The molecule has 0 aliphatic carbocycles. The molecule has 0 heterocycles. The number of hydrogen-bond acceptors (Lipinski definition) is 2. The molecule has 38 valence electrons. The van der Waals surface area contributed by atoms with Gasteiger partial charge in [0.1, 0.15) is 0 Å². The van der Waals surface area contributed by atoms with Crippen molar-refractivity contribution < 1.29 is 0 Å². The molecular formula is C2H10N4. The third-order valence-electron chi connectivity index (χ3n) is 0. The Labute approximate surface area is 36.8 Å². The van der Waals surface area contributed by atoms with Gasteiger partial charge in [0.25, 0.3) is 0 Å². The topological polar surface area (TPSA) is 102 Å². The van der Waals surface area contributed by atoms with E-state index in [1.165, 1.54) is 7.05 Å². The standard InChI is InChI=1S/CH5N3.CH5N/c2-1(3)4;1-2/h(H5,2,3,4);2H2,1H3. The minimum atomic E-state index is -0.333. The van der Waals surface area contributed by atoms with E-state index >= 15 is 0 Å². The van der Waals surface area contributed by atoms with Crippen LogP contribution in [-0.4, -0.2) is 13.0 Å². The van der Waals surface area contributed by atoms with E-state index in [1.807, 2.05) is 0 Å². The molecule has 0 saturated carbocycles. The van der Waals surface area contributed by atoms with E-state index < -0.39 is 0 Å². The Bertz CT molecular complexity index is 28.5. The average molecular weight is 90.1 g/mol. The highest BCUT2D eigenvalue weighted by Crippen LogP contribution is 1.13. The molecule has 0 atom stereocenters. The molecule has 0 fully saturated rings. The van der Waals surface area contributed by atoms with Crippen LogP contribution in [0.4, 0.5) is 0 Å². The van der Waals surface area contributed by atoms with Gasteiger partial charge in [0.2, 0.25) is 0 Å². The Hall–Kier alpha value is -0.770. The van der Waals surface area contributed by atoms with Crippen molar-refractivity contribution in [2.45, 2.75) is 0 Å². The van der Waals surface area contributed by atoms with Gasteiger partial charge in [-0.15, -0.1) is 0 Å². The molecule has 0 aromatic carbocycles. The number of guanidine groups is 1. The highest BCUT2D eigenvalue weighted by Gasteiger charge is 1.52. The third kappa shape index (κ3) is 27.1. The van der Waals surface area contributed by atoms with Crippen molar-refractivity contribution in [1.29, 1.82) is 5.41 Å². The SMILES string of the molecule is CN.N=C(N)N. The van der Waals surface area contributed by atoms with Gasteiger partial charge in [-0.3, -0.25) is 5.41 Å². The summed E-state index contributed by atoms with van der Waals surface area (Å²) >= 11 is 0. The van der Waals surface area contributed by atoms with Gasteiger partial charge in [-0.05, 0) is 7.05 Å². The predicted molar refractivity (Wildman–Crippen MR) is 26.2 cm³/mol. The minimum absolute atomic E-state index is 0.333. The van der Waals surface area contributed by atoms with Crippen molar-refractivity contribution in [3.63, 3.8) is 0 Å². The number of nitrogens with two attached hydrogens (primary N) is 3. The lowest BCUT2D eigenvalue weighted by atomic mass is 11.1. The third-order valence-corrected chi connectivity index (χ3v) is 0. The largest absolute Gasteiger partial charge is 0.370 e. The minimum Gasteiger partial charge on any atom is -0.370 e. The highest BCUT2D eigenvalue weighted by atomic mass is 14.9. The predicted octanol–water partition coefficient (Wildman–Crippen LogP) is -1.59. The molecule has 7 N–H and O–H groups in total. The van der Waals surface area contributed by atoms with E-state index in [0.29, 0.717) is 0 Å². The zero-order valence-electron chi connectivity index (χ0n) is 3.73. The first-order valence-corrected chi connectivity index (χ1v) is 1.40. The number of rotatable bonds is 0. The van der Waals surface area contributed by atoms with Crippen LogP contribution >= 0.6 is 0 Å². The first-order valence-electron chi connectivity index (χ1n) is 1.40. The first-order chi connectivity index (χ1) is 2.73. The second-order valence-electron chi connectivity index (χ2n) is 0.455. The quantitative estimate of drug-likeness (QED) is 0.213. The van der Waals surface area contributed by atoms with Crippen molar-refractivity contribution in [2.75, 3.05) is 7.05 Å². The van der Waals surface area contributed by atoms with E-state index in [1.54, 1.807) is 0 Å². The van der Waals surface area contributed by atoms with Crippen LogP contribution in [0.15, 0.2) is 0 Å². The summed E-state index contributed by atoms with van der Waals surface area (Å²) in [6.45, 7) is 0. The summed E-state index contributed by atoms with van der Waals surface area (Å²) in [6.07, 6.45) is 0. The van der Waals surface area contributed by atoms with Crippen LogP contribution < -0.4 is 17.2 Å². The van der Waals surface area contributed by atoms with Crippen LogP contribution in [0, 0.1) is 5.41 Å². The number of hydrogen-bond donors (Lipinski definition) is 4. The Kier molecular flexibility index (Phi) is 13.3. The summed E-state index contributed by atoms with van der Waals surface area (Å²) in [7, 11) is 1.50. The lowest BCUT2D eigenvalue weighted by Gasteiger charge is -1.69. The summed E-state index contributed by atoms with van der Waals surface area (Å²) in [5.74, 6) is -0.333. The second kappa shape index (κ2) is 8.87. The van der Waals surface area contributed by atoms with Crippen molar-refractivity contribution >= 4 is 5.96 Å². The van der Waals surface area contributed by atoms with E-state index in [2.05, 4.69) is 17.2 Å². The maximum atomic E-state index is 6.06. The van der Waals surface area contributed by atoms with Gasteiger partial charge in [-0.25, -0.2) is 0 Å². The monoisotopic (exact) mass is 90.1 g/mol. The number of nitrogens with one attached hydrogen (secondary N) is 1. The van der Waals surface area contributed by atoms with Crippen LogP contribution in [0.1, 0.15) is 0 Å². The molecule has 0 aromatic heterocycles. The molecule has 6 heavy (non-hydrogen) atoms. The molecule has 4 heteroatoms. The lowest BCUT2D eigenvalue weighted by Crippen LogP contribution is -2.20. The van der Waals surface area contributed by atoms with E-state index in [4.69, 9.17) is 5.41 Å². The smallest absolute Gasteiger partial charge is 0.183 e. The normalized spacial score (nSPS) is 5.00. The molecule has 0 unspecified atom stereocenters. The maximum Gasteiger partial charge on any atom is 0.183 e. The van der Waals surface area contributed by atoms with Gasteiger partial charge in [0.15, 0.2) is 5.96 Å². The van der Waals surface area contributed by atoms with Crippen LogP contribution in [-0.2, 0) is 0 Å². The van der Waals surface area contributed by atoms with Crippen LogP contribution in [0.25, 0.3) is 0 Å². The Balaban J connectivity index is 0. The molecule has 0 saturated heterocycles. The maximum absolute atomic E-state index is 6.06.